The zero-order chi connectivity index (χ0) is 22.1. The van der Waals surface area contributed by atoms with Gasteiger partial charge in [0.25, 0.3) is 0 Å². The molecule has 5 rings (SSSR count). The van der Waals surface area contributed by atoms with Gasteiger partial charge in [-0.3, -0.25) is 4.79 Å². The van der Waals surface area contributed by atoms with Crippen LogP contribution in [-0.4, -0.2) is 40.8 Å². The standard InChI is InChI=1S/C27H39NO3/c1-14-11-22(30)25(28-13-14)16(3)19-7-8-20-21-6-5-17-12-18(29)9-10-27(17,4)24(21)26(31)23(20)15(19)2/h5,14,16,18,20,22-23,25,28-30H,6-13H2,1-4H3/t14-,16-,18-,20-,22+,23-,25-,27-/m0/s1. The van der Waals surface area contributed by atoms with Gasteiger partial charge in [-0.25, -0.2) is 0 Å². The average Bonchev–Trinajstić information content (AvgIpc) is 3.02. The first kappa shape index (κ1) is 21.6. The molecule has 4 heteroatoms. The van der Waals surface area contributed by atoms with Crippen molar-refractivity contribution in [1.82, 2.24) is 5.32 Å². The number of hydrogen-bond donors (Lipinski definition) is 3. The highest BCUT2D eigenvalue weighted by molar-refractivity contribution is 6.05. The molecule has 1 heterocycles. The number of aliphatic hydroxyl groups excluding tert-OH is 2. The fourth-order valence-electron chi connectivity index (χ4n) is 7.76. The maximum Gasteiger partial charge on any atom is 0.167 e. The highest BCUT2D eigenvalue weighted by atomic mass is 16.3. The van der Waals surface area contributed by atoms with Crippen LogP contribution in [-0.2, 0) is 4.79 Å². The van der Waals surface area contributed by atoms with Crippen molar-refractivity contribution in [2.45, 2.75) is 90.9 Å². The minimum absolute atomic E-state index is 0.00715. The summed E-state index contributed by atoms with van der Waals surface area (Å²) in [5, 5.41) is 24.5. The molecule has 0 spiro atoms. The van der Waals surface area contributed by atoms with Crippen LogP contribution < -0.4 is 5.32 Å². The molecule has 2 fully saturated rings. The summed E-state index contributed by atoms with van der Waals surface area (Å²) in [6, 6.07) is 0.0856. The lowest BCUT2D eigenvalue weighted by atomic mass is 9.62. The lowest BCUT2D eigenvalue weighted by Gasteiger charge is -2.42. The predicted molar refractivity (Wildman–Crippen MR) is 122 cm³/mol. The van der Waals surface area contributed by atoms with Gasteiger partial charge < -0.3 is 15.5 Å². The number of Topliss-reactive ketones (excluding diaryl/α,β-unsaturated/α-hetero) is 1. The second-order valence-electron chi connectivity index (χ2n) is 11.4. The maximum atomic E-state index is 13.9. The molecule has 0 unspecified atom stereocenters. The number of fused-ring (bicyclic) bond motifs is 4. The third-order valence-corrected chi connectivity index (χ3v) is 9.51. The van der Waals surface area contributed by atoms with Crippen LogP contribution in [0.5, 0.6) is 0 Å². The van der Waals surface area contributed by atoms with Crippen LogP contribution in [0.2, 0.25) is 0 Å². The maximum absolute atomic E-state index is 13.9. The summed E-state index contributed by atoms with van der Waals surface area (Å²) in [5.74, 6) is 1.46. The number of carbonyl (C=O) groups is 1. The van der Waals surface area contributed by atoms with Crippen molar-refractivity contribution in [1.29, 1.82) is 0 Å². The monoisotopic (exact) mass is 425 g/mol. The summed E-state index contributed by atoms with van der Waals surface area (Å²) in [5.41, 5.74) is 6.29. The first-order valence-electron chi connectivity index (χ1n) is 12.5. The lowest BCUT2D eigenvalue weighted by Crippen LogP contribution is -2.52. The largest absolute Gasteiger partial charge is 0.393 e. The first-order valence-corrected chi connectivity index (χ1v) is 12.5. The number of nitrogens with one attached hydrogen (secondary N) is 1. The average molecular weight is 426 g/mol. The number of carbonyl (C=O) groups excluding carboxylic acids is 1. The van der Waals surface area contributed by atoms with Gasteiger partial charge in [0, 0.05) is 22.9 Å². The fourth-order valence-corrected chi connectivity index (χ4v) is 7.76. The van der Waals surface area contributed by atoms with E-state index in [9.17, 15) is 15.0 Å². The van der Waals surface area contributed by atoms with Crippen molar-refractivity contribution < 1.29 is 15.0 Å². The Kier molecular flexibility index (Phi) is 5.35. The summed E-state index contributed by atoms with van der Waals surface area (Å²) in [6.07, 6.45) is 7.97. The molecule has 31 heavy (non-hydrogen) atoms. The van der Waals surface area contributed by atoms with E-state index >= 15 is 0 Å². The SMILES string of the molecule is CC1=C([C@H](C)[C@@H]2NC[C@@H](C)C[C@H]2O)CC[C@H]2C3=C(C(=O)[C@@H]12)[C@@]1(C)CC[C@H](O)CC1=CC3. The Morgan fingerprint density at radius 1 is 1.26 bits per heavy atom. The molecule has 1 saturated heterocycles. The molecule has 0 aromatic rings. The minimum atomic E-state index is -0.318. The van der Waals surface area contributed by atoms with Crippen molar-refractivity contribution in [3.63, 3.8) is 0 Å². The molecular weight excluding hydrogens is 386 g/mol. The number of hydrogen-bond acceptors (Lipinski definition) is 4. The summed E-state index contributed by atoms with van der Waals surface area (Å²) < 4.78 is 0. The quantitative estimate of drug-likeness (QED) is 0.583. The van der Waals surface area contributed by atoms with E-state index in [2.05, 4.69) is 39.1 Å². The van der Waals surface area contributed by atoms with E-state index in [0.29, 0.717) is 17.6 Å². The van der Waals surface area contributed by atoms with Crippen molar-refractivity contribution in [2.24, 2.45) is 29.1 Å². The van der Waals surface area contributed by atoms with Gasteiger partial charge in [-0.15, -0.1) is 0 Å². The predicted octanol–water partition coefficient (Wildman–Crippen LogP) is 4.08. The number of aliphatic hydroxyl groups is 2. The molecule has 0 bridgehead atoms. The summed E-state index contributed by atoms with van der Waals surface area (Å²) in [7, 11) is 0. The lowest BCUT2D eigenvalue weighted by molar-refractivity contribution is -0.119. The zero-order valence-corrected chi connectivity index (χ0v) is 19.6. The second kappa shape index (κ2) is 7.67. The zero-order valence-electron chi connectivity index (χ0n) is 19.6. The Morgan fingerprint density at radius 2 is 2.03 bits per heavy atom. The van der Waals surface area contributed by atoms with E-state index in [0.717, 1.165) is 57.1 Å². The molecule has 4 aliphatic carbocycles. The van der Waals surface area contributed by atoms with Crippen molar-refractivity contribution >= 4 is 5.78 Å². The molecule has 3 N–H and O–H groups in total. The third kappa shape index (κ3) is 3.24. The number of allylic oxidation sites excluding steroid dienone is 4. The normalized spacial score (nSPS) is 43.9. The van der Waals surface area contributed by atoms with Crippen LogP contribution in [0.15, 0.2) is 33.9 Å². The molecule has 170 valence electrons. The van der Waals surface area contributed by atoms with E-state index in [1.807, 2.05) is 0 Å². The van der Waals surface area contributed by atoms with Crippen LogP contribution in [0.25, 0.3) is 0 Å². The van der Waals surface area contributed by atoms with Crippen molar-refractivity contribution in [2.75, 3.05) is 6.54 Å². The highest BCUT2D eigenvalue weighted by Crippen LogP contribution is 2.59. The molecule has 4 nitrogen and oxygen atoms in total. The van der Waals surface area contributed by atoms with E-state index < -0.39 is 0 Å². The molecule has 0 aromatic heterocycles. The molecule has 5 aliphatic rings. The van der Waals surface area contributed by atoms with E-state index in [-0.39, 0.29) is 35.5 Å². The van der Waals surface area contributed by atoms with Gasteiger partial charge in [0.2, 0.25) is 0 Å². The third-order valence-electron chi connectivity index (χ3n) is 9.51. The van der Waals surface area contributed by atoms with Crippen LogP contribution in [0.4, 0.5) is 0 Å². The van der Waals surface area contributed by atoms with Gasteiger partial charge in [-0.1, -0.05) is 49.1 Å². The fraction of sp³-hybridized carbons (Fsp3) is 0.741. The van der Waals surface area contributed by atoms with Gasteiger partial charge in [0.1, 0.15) is 0 Å². The van der Waals surface area contributed by atoms with E-state index in [4.69, 9.17) is 0 Å². The smallest absolute Gasteiger partial charge is 0.167 e. The number of piperidine rings is 1. The Bertz CT molecular complexity index is 883. The van der Waals surface area contributed by atoms with E-state index in [1.54, 1.807) is 0 Å². The van der Waals surface area contributed by atoms with Crippen molar-refractivity contribution in [3.05, 3.63) is 33.9 Å². The molecule has 0 aromatic carbocycles. The summed E-state index contributed by atoms with van der Waals surface area (Å²) in [6.45, 7) is 9.83. The highest BCUT2D eigenvalue weighted by Gasteiger charge is 2.53. The molecule has 8 atom stereocenters. The van der Waals surface area contributed by atoms with Gasteiger partial charge in [0.15, 0.2) is 5.78 Å². The second-order valence-corrected chi connectivity index (χ2v) is 11.4. The molecule has 0 amide bonds. The van der Waals surface area contributed by atoms with Crippen LogP contribution in [0.1, 0.15) is 72.6 Å². The number of rotatable bonds is 2. The van der Waals surface area contributed by atoms with Crippen molar-refractivity contribution in [3.8, 4) is 0 Å². The molecule has 1 aliphatic heterocycles. The Labute approximate surface area is 186 Å². The summed E-state index contributed by atoms with van der Waals surface area (Å²) >= 11 is 0. The van der Waals surface area contributed by atoms with Gasteiger partial charge in [-0.05, 0) is 76.2 Å². The van der Waals surface area contributed by atoms with Crippen LogP contribution in [0, 0.1) is 29.1 Å². The van der Waals surface area contributed by atoms with Crippen LogP contribution in [0.3, 0.4) is 0 Å². The topological polar surface area (TPSA) is 69.6 Å². The van der Waals surface area contributed by atoms with E-state index in [1.165, 1.54) is 22.3 Å². The Balaban J connectivity index is 1.44. The Morgan fingerprint density at radius 3 is 2.77 bits per heavy atom. The molecule has 1 saturated carbocycles. The van der Waals surface area contributed by atoms with Gasteiger partial charge in [-0.2, -0.15) is 0 Å². The minimum Gasteiger partial charge on any atom is -0.393 e. The molecular formula is C27H39NO3. The van der Waals surface area contributed by atoms with Gasteiger partial charge >= 0.3 is 0 Å². The Hall–Kier alpha value is -1.23. The molecule has 0 radical (unpaired) electrons. The summed E-state index contributed by atoms with van der Waals surface area (Å²) in [4.78, 5) is 13.9. The van der Waals surface area contributed by atoms with Gasteiger partial charge in [0.05, 0.1) is 12.2 Å². The number of ketones is 1. The van der Waals surface area contributed by atoms with Crippen LogP contribution >= 0.6 is 0 Å². The first-order chi connectivity index (χ1) is 14.7.